The molecule has 1 aliphatic heterocycles. The summed E-state index contributed by atoms with van der Waals surface area (Å²) in [6.45, 7) is 2.30. The summed E-state index contributed by atoms with van der Waals surface area (Å²) in [7, 11) is 1.62. The van der Waals surface area contributed by atoms with Crippen LogP contribution in [0.15, 0.2) is 60.7 Å². The number of benzene rings is 2. The van der Waals surface area contributed by atoms with E-state index in [9.17, 15) is 4.79 Å². The Morgan fingerprint density at radius 2 is 1.79 bits per heavy atom. The fourth-order valence-corrected chi connectivity index (χ4v) is 3.61. The zero-order chi connectivity index (χ0) is 23.5. The van der Waals surface area contributed by atoms with Crippen molar-refractivity contribution < 1.29 is 23.7 Å². The molecule has 0 radical (unpaired) electrons. The molecule has 1 amide bonds. The van der Waals surface area contributed by atoms with Crippen molar-refractivity contribution in [2.45, 2.75) is 19.1 Å². The number of methoxy groups -OCH3 is 1. The standard InChI is InChI=1S/C24H23N5O5/c1-15-22(34-19-6-4-3-5-18(19)33-15)24(30)25-13-14-32-21-12-11-20-26-27-23(29(20)28-21)16-7-9-17(31-2)10-8-16/h3-12,15,22H,13-14H2,1-2H3,(H,25,30). The number of rotatable bonds is 7. The number of nitrogens with zero attached hydrogens (tertiary/aromatic N) is 4. The minimum atomic E-state index is -0.742. The number of para-hydroxylation sites is 2. The second-order valence-electron chi connectivity index (χ2n) is 7.64. The van der Waals surface area contributed by atoms with Gasteiger partial charge in [0.05, 0.1) is 13.7 Å². The molecular weight excluding hydrogens is 438 g/mol. The smallest absolute Gasteiger partial charge is 0.265 e. The first-order chi connectivity index (χ1) is 16.6. The highest BCUT2D eigenvalue weighted by atomic mass is 16.6. The summed E-state index contributed by atoms with van der Waals surface area (Å²) in [6, 6.07) is 18.2. The number of fused-ring (bicyclic) bond motifs is 2. The lowest BCUT2D eigenvalue weighted by Gasteiger charge is -2.30. The Morgan fingerprint density at radius 1 is 1.03 bits per heavy atom. The molecule has 5 rings (SSSR count). The summed E-state index contributed by atoms with van der Waals surface area (Å²) in [5.74, 6) is 2.63. The topological polar surface area (TPSA) is 109 Å². The van der Waals surface area contributed by atoms with Crippen molar-refractivity contribution in [1.82, 2.24) is 25.1 Å². The number of hydrogen-bond acceptors (Lipinski definition) is 8. The average Bonchev–Trinajstić information content (AvgIpc) is 3.29. The molecule has 0 saturated heterocycles. The Kier molecular flexibility index (Phi) is 5.86. The Hall–Kier alpha value is -4.34. The number of hydrogen-bond donors (Lipinski definition) is 1. The lowest BCUT2D eigenvalue weighted by atomic mass is 10.1. The van der Waals surface area contributed by atoms with Gasteiger partial charge in [0.25, 0.3) is 5.91 Å². The first-order valence-corrected chi connectivity index (χ1v) is 10.8. The SMILES string of the molecule is COc1ccc(-c2nnc3ccc(OCCNC(=O)C4Oc5ccccc5OC4C)nn23)cc1. The molecule has 2 unspecified atom stereocenters. The van der Waals surface area contributed by atoms with Gasteiger partial charge in [-0.05, 0) is 49.4 Å². The van der Waals surface area contributed by atoms with Crippen LogP contribution >= 0.6 is 0 Å². The number of ether oxygens (including phenoxy) is 4. The normalized spacial score (nSPS) is 16.8. The van der Waals surface area contributed by atoms with E-state index in [1.165, 1.54) is 0 Å². The maximum atomic E-state index is 12.6. The van der Waals surface area contributed by atoms with Gasteiger partial charge in [-0.3, -0.25) is 4.79 Å². The van der Waals surface area contributed by atoms with E-state index in [0.717, 1.165) is 11.3 Å². The van der Waals surface area contributed by atoms with Crippen molar-refractivity contribution in [1.29, 1.82) is 0 Å². The molecule has 0 spiro atoms. The van der Waals surface area contributed by atoms with Gasteiger partial charge in [-0.2, -0.15) is 4.52 Å². The number of carbonyl (C=O) groups excluding carboxylic acids is 1. The highest BCUT2D eigenvalue weighted by molar-refractivity contribution is 5.82. The predicted molar refractivity (Wildman–Crippen MR) is 122 cm³/mol. The van der Waals surface area contributed by atoms with Crippen LogP contribution in [0.4, 0.5) is 0 Å². The summed E-state index contributed by atoms with van der Waals surface area (Å²) < 4.78 is 24.2. The largest absolute Gasteiger partial charge is 0.497 e. The minimum absolute atomic E-state index is 0.225. The molecule has 0 fully saturated rings. The van der Waals surface area contributed by atoms with Crippen LogP contribution < -0.4 is 24.3 Å². The second kappa shape index (κ2) is 9.26. The summed E-state index contributed by atoms with van der Waals surface area (Å²) in [4.78, 5) is 12.6. The number of amides is 1. The van der Waals surface area contributed by atoms with Crippen molar-refractivity contribution in [3.8, 4) is 34.5 Å². The van der Waals surface area contributed by atoms with Crippen LogP contribution in [0.5, 0.6) is 23.1 Å². The van der Waals surface area contributed by atoms with E-state index >= 15 is 0 Å². The van der Waals surface area contributed by atoms with Gasteiger partial charge in [-0.1, -0.05) is 12.1 Å². The van der Waals surface area contributed by atoms with Crippen LogP contribution in [0.1, 0.15) is 6.92 Å². The van der Waals surface area contributed by atoms with Gasteiger partial charge in [0.15, 0.2) is 23.0 Å². The Bertz CT molecular complexity index is 1310. The third-order valence-corrected chi connectivity index (χ3v) is 5.34. The first kappa shape index (κ1) is 21.5. The van der Waals surface area contributed by atoms with Crippen LogP contribution in [0.3, 0.4) is 0 Å². The second-order valence-corrected chi connectivity index (χ2v) is 7.64. The van der Waals surface area contributed by atoms with Gasteiger partial charge in [0.1, 0.15) is 18.5 Å². The van der Waals surface area contributed by atoms with Crippen molar-refractivity contribution in [3.63, 3.8) is 0 Å². The summed E-state index contributed by atoms with van der Waals surface area (Å²) in [6.07, 6.45) is -1.15. The van der Waals surface area contributed by atoms with Gasteiger partial charge < -0.3 is 24.3 Å². The van der Waals surface area contributed by atoms with Crippen LogP contribution in [0, 0.1) is 0 Å². The van der Waals surface area contributed by atoms with E-state index in [-0.39, 0.29) is 19.1 Å². The quantitative estimate of drug-likeness (QED) is 0.418. The molecule has 10 nitrogen and oxygen atoms in total. The fourth-order valence-electron chi connectivity index (χ4n) is 3.61. The molecule has 2 atom stereocenters. The van der Waals surface area contributed by atoms with Crippen LogP contribution in [0.25, 0.3) is 17.0 Å². The van der Waals surface area contributed by atoms with Gasteiger partial charge in [0, 0.05) is 11.6 Å². The summed E-state index contributed by atoms with van der Waals surface area (Å²) >= 11 is 0. The summed E-state index contributed by atoms with van der Waals surface area (Å²) in [5.41, 5.74) is 1.44. The van der Waals surface area contributed by atoms with Crippen molar-refractivity contribution >= 4 is 11.6 Å². The molecule has 0 aliphatic carbocycles. The average molecular weight is 461 g/mol. The molecular formula is C24H23N5O5. The maximum absolute atomic E-state index is 12.6. The van der Waals surface area contributed by atoms with Gasteiger partial charge in [0.2, 0.25) is 12.0 Å². The monoisotopic (exact) mass is 461 g/mol. The fraction of sp³-hybridized carbons (Fsp3) is 0.250. The molecule has 10 heteroatoms. The zero-order valence-corrected chi connectivity index (χ0v) is 18.7. The highest BCUT2D eigenvalue weighted by Crippen LogP contribution is 2.33. The predicted octanol–water partition coefficient (Wildman–Crippen LogP) is 2.52. The molecule has 1 aliphatic rings. The maximum Gasteiger partial charge on any atom is 0.265 e. The molecule has 34 heavy (non-hydrogen) atoms. The molecule has 2 aromatic carbocycles. The summed E-state index contributed by atoms with van der Waals surface area (Å²) in [5, 5.41) is 15.7. The minimum Gasteiger partial charge on any atom is -0.497 e. The van der Waals surface area contributed by atoms with E-state index in [1.807, 2.05) is 42.5 Å². The molecule has 2 aromatic heterocycles. The first-order valence-electron chi connectivity index (χ1n) is 10.8. The zero-order valence-electron chi connectivity index (χ0n) is 18.7. The number of carbonyl (C=O) groups is 1. The van der Waals surface area contributed by atoms with Gasteiger partial charge in [-0.15, -0.1) is 15.3 Å². The highest BCUT2D eigenvalue weighted by Gasteiger charge is 2.33. The Morgan fingerprint density at radius 3 is 2.56 bits per heavy atom. The van der Waals surface area contributed by atoms with Gasteiger partial charge >= 0.3 is 0 Å². The molecule has 4 aromatic rings. The molecule has 3 heterocycles. The van der Waals surface area contributed by atoms with Crippen molar-refractivity contribution in [2.75, 3.05) is 20.3 Å². The van der Waals surface area contributed by atoms with E-state index < -0.39 is 12.2 Å². The van der Waals surface area contributed by atoms with Crippen LogP contribution in [-0.2, 0) is 4.79 Å². The van der Waals surface area contributed by atoms with E-state index in [0.29, 0.717) is 28.9 Å². The number of nitrogens with one attached hydrogen (secondary N) is 1. The van der Waals surface area contributed by atoms with Crippen molar-refractivity contribution in [3.05, 3.63) is 60.7 Å². The Balaban J connectivity index is 1.19. The molecule has 1 N–H and O–H groups in total. The molecule has 0 saturated carbocycles. The molecule has 0 bridgehead atoms. The molecule has 174 valence electrons. The van der Waals surface area contributed by atoms with E-state index in [2.05, 4.69) is 20.6 Å². The van der Waals surface area contributed by atoms with Crippen LogP contribution in [-0.4, -0.2) is 58.2 Å². The van der Waals surface area contributed by atoms with E-state index in [1.54, 1.807) is 36.7 Å². The lowest BCUT2D eigenvalue weighted by molar-refractivity contribution is -0.133. The third-order valence-electron chi connectivity index (χ3n) is 5.34. The number of aromatic nitrogens is 4. The van der Waals surface area contributed by atoms with Crippen LogP contribution in [0.2, 0.25) is 0 Å². The third kappa shape index (κ3) is 4.29. The lowest BCUT2D eigenvalue weighted by Crippen LogP contribution is -2.49. The van der Waals surface area contributed by atoms with E-state index in [4.69, 9.17) is 18.9 Å². The van der Waals surface area contributed by atoms with Crippen molar-refractivity contribution in [2.24, 2.45) is 0 Å². The van der Waals surface area contributed by atoms with Gasteiger partial charge in [-0.25, -0.2) is 0 Å². The Labute approximate surface area is 195 Å².